The Morgan fingerprint density at radius 2 is 1.32 bits per heavy atom. The molecule has 1 saturated carbocycles. The maximum Gasteiger partial charge on any atom is 0.0485 e. The minimum atomic E-state index is 0.0703. The van der Waals surface area contributed by atoms with Crippen molar-refractivity contribution in [3.8, 4) is 0 Å². The number of hydrogen-bond donors (Lipinski definition) is 1. The van der Waals surface area contributed by atoms with Gasteiger partial charge in [-0.05, 0) is 73.4 Å². The minimum Gasteiger partial charge on any atom is -0.396 e. The minimum absolute atomic E-state index is 0.0703. The first-order valence-corrected chi connectivity index (χ1v) is 11.8. The zero-order valence-electron chi connectivity index (χ0n) is 19.0. The molecule has 6 rings (SSSR count). The van der Waals surface area contributed by atoms with Crippen LogP contribution in [0, 0.1) is 16.2 Å². The third-order valence-corrected chi connectivity index (χ3v) is 8.17. The van der Waals surface area contributed by atoms with Gasteiger partial charge in [-0.2, -0.15) is 0 Å². The predicted molar refractivity (Wildman–Crippen MR) is 131 cm³/mol. The Balaban J connectivity index is 1.40. The molecular weight excluding hydrogens is 378 g/mol. The maximum atomic E-state index is 10.1. The summed E-state index contributed by atoms with van der Waals surface area (Å²) < 4.78 is 0. The van der Waals surface area contributed by atoms with Crippen molar-refractivity contribution in [3.05, 3.63) is 60.2 Å². The molecule has 0 spiro atoms. The highest BCUT2D eigenvalue weighted by molar-refractivity contribution is 6.23. The molecule has 160 valence electrons. The van der Waals surface area contributed by atoms with Crippen LogP contribution in [-0.4, -0.2) is 29.7 Å². The normalized spacial score (nSPS) is 31.7. The second-order valence-electron chi connectivity index (χ2n) is 11.8. The van der Waals surface area contributed by atoms with Crippen LogP contribution in [0.1, 0.15) is 45.6 Å². The van der Waals surface area contributed by atoms with Crippen LogP contribution >= 0.6 is 0 Å². The number of aliphatic hydroxyl groups excluding tert-OH is 1. The molecule has 1 aliphatic carbocycles. The molecule has 0 aromatic heterocycles. The average Bonchev–Trinajstić information content (AvgIpc) is 2.71. The number of nitrogens with zero attached hydrogens (tertiary/aromatic N) is 1. The van der Waals surface area contributed by atoms with E-state index in [2.05, 4.69) is 80.3 Å². The Morgan fingerprint density at radius 3 is 1.97 bits per heavy atom. The van der Waals surface area contributed by atoms with Crippen molar-refractivity contribution >= 4 is 32.3 Å². The van der Waals surface area contributed by atoms with Crippen molar-refractivity contribution in [1.82, 2.24) is 4.90 Å². The Bertz CT molecular complexity index is 1260. The van der Waals surface area contributed by atoms with E-state index in [4.69, 9.17) is 0 Å². The van der Waals surface area contributed by atoms with Crippen LogP contribution in [0.15, 0.2) is 54.6 Å². The summed E-state index contributed by atoms with van der Waals surface area (Å²) in [5.74, 6) is 0. The molecule has 31 heavy (non-hydrogen) atoms. The molecule has 0 radical (unpaired) electrons. The SMILES string of the molecule is CC1(CO)C[C@]2(C)CN(Cc3ccc4ccc5cccc6ccc3c4c56)C[C@](C)(C1)C2. The van der Waals surface area contributed by atoms with Gasteiger partial charge in [0.15, 0.2) is 0 Å². The summed E-state index contributed by atoms with van der Waals surface area (Å²) in [6.07, 6.45) is 3.53. The molecule has 0 amide bonds. The lowest BCUT2D eigenvalue weighted by atomic mass is 9.52. The second kappa shape index (κ2) is 6.43. The summed E-state index contributed by atoms with van der Waals surface area (Å²) in [6.45, 7) is 10.8. The number of benzene rings is 4. The fourth-order valence-corrected chi connectivity index (χ4v) is 8.04. The highest BCUT2D eigenvalue weighted by Crippen LogP contribution is 2.57. The van der Waals surface area contributed by atoms with Crippen LogP contribution in [0.2, 0.25) is 0 Å². The number of hydrogen-bond acceptors (Lipinski definition) is 2. The fourth-order valence-electron chi connectivity index (χ4n) is 8.04. The fraction of sp³-hybridized carbons (Fsp3) is 0.448. The number of likely N-dealkylation sites (tertiary alicyclic amines) is 1. The smallest absolute Gasteiger partial charge is 0.0485 e. The summed E-state index contributed by atoms with van der Waals surface area (Å²) in [5.41, 5.74) is 2.09. The maximum absolute atomic E-state index is 10.1. The van der Waals surface area contributed by atoms with E-state index in [0.29, 0.717) is 6.61 Å². The van der Waals surface area contributed by atoms with Crippen molar-refractivity contribution in [2.24, 2.45) is 16.2 Å². The highest BCUT2D eigenvalue weighted by Gasteiger charge is 2.52. The lowest BCUT2D eigenvalue weighted by Crippen LogP contribution is -2.57. The zero-order valence-corrected chi connectivity index (χ0v) is 19.0. The summed E-state index contributed by atoms with van der Waals surface area (Å²) in [4.78, 5) is 2.70. The third-order valence-electron chi connectivity index (χ3n) is 8.17. The van der Waals surface area contributed by atoms with E-state index in [0.717, 1.165) is 32.5 Å². The Labute approximate surface area is 185 Å². The summed E-state index contributed by atoms with van der Waals surface area (Å²) in [7, 11) is 0. The number of rotatable bonds is 3. The topological polar surface area (TPSA) is 23.5 Å². The molecule has 2 aliphatic rings. The summed E-state index contributed by atoms with van der Waals surface area (Å²) >= 11 is 0. The number of fused-ring (bicyclic) bond motifs is 2. The first-order chi connectivity index (χ1) is 14.8. The van der Waals surface area contributed by atoms with E-state index in [-0.39, 0.29) is 16.2 Å². The third kappa shape index (κ3) is 3.07. The van der Waals surface area contributed by atoms with Gasteiger partial charge in [0.1, 0.15) is 0 Å². The second-order valence-corrected chi connectivity index (χ2v) is 11.8. The molecule has 1 saturated heterocycles. The van der Waals surface area contributed by atoms with Crippen molar-refractivity contribution in [2.75, 3.05) is 19.7 Å². The van der Waals surface area contributed by atoms with Crippen LogP contribution in [0.4, 0.5) is 0 Å². The molecule has 2 nitrogen and oxygen atoms in total. The first kappa shape index (κ1) is 19.5. The molecule has 3 atom stereocenters. The van der Waals surface area contributed by atoms with E-state index in [1.807, 2.05) is 0 Å². The molecule has 1 N–H and O–H groups in total. The molecule has 1 aliphatic heterocycles. The molecule has 2 heteroatoms. The van der Waals surface area contributed by atoms with Crippen molar-refractivity contribution in [3.63, 3.8) is 0 Å². The monoisotopic (exact) mass is 411 g/mol. The standard InChI is InChI=1S/C29H33NO/c1-27-14-28(2,16-29(3,15-27)19-31)18-30(17-27)13-23-10-9-22-8-7-20-5-4-6-21-11-12-24(23)26(22)25(20)21/h4-12,31H,13-19H2,1-3H3/t27-,28+,29?. The molecule has 1 unspecified atom stereocenters. The van der Waals surface area contributed by atoms with Crippen LogP contribution in [-0.2, 0) is 6.54 Å². The van der Waals surface area contributed by atoms with E-state index >= 15 is 0 Å². The Kier molecular flexibility index (Phi) is 4.05. The van der Waals surface area contributed by atoms with Gasteiger partial charge in [-0.15, -0.1) is 0 Å². The Hall–Kier alpha value is -2.16. The van der Waals surface area contributed by atoms with Gasteiger partial charge in [-0.3, -0.25) is 4.90 Å². The predicted octanol–water partition coefficient (Wildman–Crippen LogP) is 6.59. The number of piperidine rings is 1. The van der Waals surface area contributed by atoms with Gasteiger partial charge in [-0.25, -0.2) is 0 Å². The summed E-state index contributed by atoms with van der Waals surface area (Å²) in [5, 5.41) is 18.3. The molecule has 4 aromatic carbocycles. The van der Waals surface area contributed by atoms with E-state index < -0.39 is 0 Å². The summed E-state index contributed by atoms with van der Waals surface area (Å²) in [6, 6.07) is 20.5. The van der Waals surface area contributed by atoms with E-state index in [9.17, 15) is 5.11 Å². The van der Waals surface area contributed by atoms with Gasteiger partial charge in [0, 0.05) is 26.2 Å². The molecule has 4 aromatic rings. The van der Waals surface area contributed by atoms with Crippen LogP contribution in [0.25, 0.3) is 32.3 Å². The largest absolute Gasteiger partial charge is 0.396 e. The van der Waals surface area contributed by atoms with Crippen molar-refractivity contribution < 1.29 is 5.11 Å². The Morgan fingerprint density at radius 1 is 0.742 bits per heavy atom. The molecule has 2 bridgehead atoms. The van der Waals surface area contributed by atoms with E-state index in [1.54, 1.807) is 0 Å². The molecular formula is C29H33NO. The molecule has 1 heterocycles. The molecule has 2 fully saturated rings. The van der Waals surface area contributed by atoms with Gasteiger partial charge in [0.2, 0.25) is 0 Å². The van der Waals surface area contributed by atoms with Gasteiger partial charge >= 0.3 is 0 Å². The zero-order chi connectivity index (χ0) is 21.4. The average molecular weight is 412 g/mol. The van der Waals surface area contributed by atoms with Crippen LogP contribution in [0.3, 0.4) is 0 Å². The van der Waals surface area contributed by atoms with Crippen molar-refractivity contribution in [2.45, 2.75) is 46.6 Å². The van der Waals surface area contributed by atoms with E-state index in [1.165, 1.54) is 44.3 Å². The van der Waals surface area contributed by atoms with Crippen LogP contribution in [0.5, 0.6) is 0 Å². The quantitative estimate of drug-likeness (QED) is 0.384. The van der Waals surface area contributed by atoms with Gasteiger partial charge in [0.05, 0.1) is 0 Å². The van der Waals surface area contributed by atoms with Gasteiger partial charge in [-0.1, -0.05) is 75.4 Å². The van der Waals surface area contributed by atoms with Crippen molar-refractivity contribution in [1.29, 1.82) is 0 Å². The lowest BCUT2D eigenvalue weighted by molar-refractivity contribution is -0.105. The lowest BCUT2D eigenvalue weighted by Gasteiger charge is -2.59. The first-order valence-electron chi connectivity index (χ1n) is 11.8. The highest BCUT2D eigenvalue weighted by atomic mass is 16.3. The number of aliphatic hydroxyl groups is 1. The van der Waals surface area contributed by atoms with Gasteiger partial charge < -0.3 is 5.11 Å². The van der Waals surface area contributed by atoms with Crippen LogP contribution < -0.4 is 0 Å². The van der Waals surface area contributed by atoms with Gasteiger partial charge in [0.25, 0.3) is 0 Å².